The Balaban J connectivity index is 1.72. The quantitative estimate of drug-likeness (QED) is 0.509. The smallest absolute Gasteiger partial charge is 0.279 e. The summed E-state index contributed by atoms with van der Waals surface area (Å²) in [7, 11) is 0. The topological polar surface area (TPSA) is 69.8 Å². The van der Waals surface area contributed by atoms with E-state index in [4.69, 9.17) is 23.2 Å². The number of hydrogen-bond donors (Lipinski definition) is 0. The van der Waals surface area contributed by atoms with Crippen LogP contribution in [0.1, 0.15) is 10.4 Å². The van der Waals surface area contributed by atoms with E-state index in [0.717, 1.165) is 10.4 Å². The zero-order valence-corrected chi connectivity index (χ0v) is 15.8. The van der Waals surface area contributed by atoms with Gasteiger partial charge in [-0.3, -0.25) is 9.59 Å². The van der Waals surface area contributed by atoms with Crippen LogP contribution in [0.4, 0.5) is 0 Å². The first kappa shape index (κ1) is 18.2. The Hall–Kier alpha value is -3.22. The van der Waals surface area contributed by atoms with Crippen molar-refractivity contribution in [1.82, 2.24) is 19.6 Å². The Morgan fingerprint density at radius 2 is 1.61 bits per heavy atom. The minimum Gasteiger partial charge on any atom is -0.287 e. The minimum atomic E-state index is -0.397. The first-order valence-corrected chi connectivity index (χ1v) is 9.00. The van der Waals surface area contributed by atoms with E-state index in [1.54, 1.807) is 65.5 Å². The molecule has 138 valence electrons. The third-order valence-electron chi connectivity index (χ3n) is 4.04. The molecular formula is C20H12Cl2N4O2. The van der Waals surface area contributed by atoms with Gasteiger partial charge in [-0.05, 0) is 42.5 Å². The van der Waals surface area contributed by atoms with Gasteiger partial charge >= 0.3 is 0 Å². The van der Waals surface area contributed by atoms with E-state index in [-0.39, 0.29) is 16.8 Å². The maximum atomic E-state index is 12.6. The van der Waals surface area contributed by atoms with Gasteiger partial charge in [-0.25, -0.2) is 9.36 Å². The fraction of sp³-hybridized carbons (Fsp3) is 0. The minimum absolute atomic E-state index is 0.128. The molecule has 0 aliphatic carbocycles. The van der Waals surface area contributed by atoms with Crippen LogP contribution < -0.4 is 5.43 Å². The molecule has 0 atom stereocenters. The van der Waals surface area contributed by atoms with Crippen LogP contribution in [0.5, 0.6) is 0 Å². The maximum Gasteiger partial charge on any atom is 0.279 e. The molecule has 4 aromatic rings. The first-order chi connectivity index (χ1) is 13.5. The van der Waals surface area contributed by atoms with Crippen LogP contribution in [0, 0.1) is 0 Å². The van der Waals surface area contributed by atoms with E-state index >= 15 is 0 Å². The Kier molecular flexibility index (Phi) is 4.81. The highest BCUT2D eigenvalue weighted by atomic mass is 35.5. The molecule has 0 bridgehead atoms. The lowest BCUT2D eigenvalue weighted by molar-refractivity contribution is 0.0945. The van der Waals surface area contributed by atoms with E-state index in [1.165, 1.54) is 12.3 Å². The molecule has 0 saturated heterocycles. The molecule has 0 saturated carbocycles. The predicted octanol–water partition coefficient (Wildman–Crippen LogP) is 4.09. The highest BCUT2D eigenvalue weighted by Gasteiger charge is 2.16. The Bertz CT molecular complexity index is 1230. The molecule has 6 nitrogen and oxygen atoms in total. The van der Waals surface area contributed by atoms with Crippen molar-refractivity contribution in [2.45, 2.75) is 0 Å². The van der Waals surface area contributed by atoms with Gasteiger partial charge in [0.25, 0.3) is 5.91 Å². The normalized spacial score (nSPS) is 10.8. The molecule has 0 aliphatic heterocycles. The van der Waals surface area contributed by atoms with Crippen molar-refractivity contribution in [3.63, 3.8) is 0 Å². The van der Waals surface area contributed by atoms with Gasteiger partial charge in [0.2, 0.25) is 5.43 Å². The van der Waals surface area contributed by atoms with Crippen LogP contribution in [0.15, 0.2) is 77.9 Å². The average molecular weight is 411 g/mol. The SMILES string of the molecule is O=C(c1ccccc1Cl)n1ccc(-c2nn(-c3ccc(Cl)cc3)ccc2=O)n1. The number of rotatable bonds is 3. The van der Waals surface area contributed by atoms with Gasteiger partial charge in [0.05, 0.1) is 16.3 Å². The van der Waals surface area contributed by atoms with Gasteiger partial charge < -0.3 is 0 Å². The van der Waals surface area contributed by atoms with Crippen molar-refractivity contribution < 1.29 is 4.79 Å². The van der Waals surface area contributed by atoms with Crippen LogP contribution >= 0.6 is 23.2 Å². The number of carbonyl (C=O) groups is 1. The molecule has 4 rings (SSSR count). The number of nitrogens with zero attached hydrogens (tertiary/aromatic N) is 4. The lowest BCUT2D eigenvalue weighted by atomic mass is 10.2. The zero-order valence-electron chi connectivity index (χ0n) is 14.3. The lowest BCUT2D eigenvalue weighted by Crippen LogP contribution is -2.15. The second-order valence-electron chi connectivity index (χ2n) is 5.88. The molecule has 28 heavy (non-hydrogen) atoms. The van der Waals surface area contributed by atoms with Crippen molar-refractivity contribution in [3.8, 4) is 17.1 Å². The molecule has 8 heteroatoms. The summed E-state index contributed by atoms with van der Waals surface area (Å²) in [6.07, 6.45) is 3.03. The first-order valence-electron chi connectivity index (χ1n) is 8.24. The largest absolute Gasteiger partial charge is 0.287 e. The van der Waals surface area contributed by atoms with Crippen molar-refractivity contribution in [1.29, 1.82) is 0 Å². The monoisotopic (exact) mass is 410 g/mol. The second kappa shape index (κ2) is 7.42. The van der Waals surface area contributed by atoms with E-state index in [1.807, 2.05) is 0 Å². The van der Waals surface area contributed by atoms with Gasteiger partial charge in [-0.15, -0.1) is 0 Å². The van der Waals surface area contributed by atoms with Crippen molar-refractivity contribution >= 4 is 29.1 Å². The summed E-state index contributed by atoms with van der Waals surface area (Å²) in [6, 6.07) is 16.7. The van der Waals surface area contributed by atoms with Gasteiger partial charge in [0, 0.05) is 23.5 Å². The molecule has 0 amide bonds. The summed E-state index contributed by atoms with van der Waals surface area (Å²) in [5.74, 6) is -0.397. The van der Waals surface area contributed by atoms with Gasteiger partial charge in [-0.1, -0.05) is 35.3 Å². The van der Waals surface area contributed by atoms with Crippen molar-refractivity contribution in [2.75, 3.05) is 0 Å². The Morgan fingerprint density at radius 1 is 0.857 bits per heavy atom. The molecule has 2 aromatic heterocycles. The molecule has 2 heterocycles. The van der Waals surface area contributed by atoms with Gasteiger partial charge in [0.15, 0.2) is 5.69 Å². The fourth-order valence-electron chi connectivity index (χ4n) is 2.64. The van der Waals surface area contributed by atoms with Gasteiger partial charge in [0.1, 0.15) is 5.69 Å². The van der Waals surface area contributed by atoms with Crippen LogP contribution in [-0.2, 0) is 0 Å². The Morgan fingerprint density at radius 3 is 2.36 bits per heavy atom. The summed E-state index contributed by atoms with van der Waals surface area (Å²) in [5.41, 5.74) is 1.16. The molecular weight excluding hydrogens is 399 g/mol. The molecule has 0 radical (unpaired) electrons. The third kappa shape index (κ3) is 3.47. The lowest BCUT2D eigenvalue weighted by Gasteiger charge is -2.06. The number of benzene rings is 2. The van der Waals surface area contributed by atoms with Crippen molar-refractivity contribution in [2.24, 2.45) is 0 Å². The highest BCUT2D eigenvalue weighted by molar-refractivity contribution is 6.33. The molecule has 0 N–H and O–H groups in total. The van der Waals surface area contributed by atoms with Crippen LogP contribution in [-0.4, -0.2) is 25.5 Å². The molecule has 0 unspecified atom stereocenters. The standard InChI is InChI=1S/C20H12Cl2N4O2/c21-13-5-7-14(8-6-13)25-12-10-18(27)19(24-25)17-9-11-26(23-17)20(28)15-3-1-2-4-16(15)22/h1-12H. The van der Waals surface area contributed by atoms with Crippen molar-refractivity contribution in [3.05, 3.63) is 98.9 Å². The average Bonchev–Trinajstić information content (AvgIpc) is 3.19. The number of aromatic nitrogens is 4. The summed E-state index contributed by atoms with van der Waals surface area (Å²) in [5, 5.41) is 9.50. The van der Waals surface area contributed by atoms with E-state index < -0.39 is 5.91 Å². The van der Waals surface area contributed by atoms with Crippen LogP contribution in [0.2, 0.25) is 10.0 Å². The van der Waals surface area contributed by atoms with Gasteiger partial charge in [-0.2, -0.15) is 10.2 Å². The third-order valence-corrected chi connectivity index (χ3v) is 4.63. The summed E-state index contributed by atoms with van der Waals surface area (Å²) in [4.78, 5) is 24.9. The highest BCUT2D eigenvalue weighted by Crippen LogP contribution is 2.18. The molecule has 0 aliphatic rings. The fourth-order valence-corrected chi connectivity index (χ4v) is 2.99. The summed E-state index contributed by atoms with van der Waals surface area (Å²) >= 11 is 12.0. The maximum absolute atomic E-state index is 12.6. The summed E-state index contributed by atoms with van der Waals surface area (Å²) < 4.78 is 2.68. The van der Waals surface area contributed by atoms with E-state index in [2.05, 4.69) is 10.2 Å². The molecule has 0 spiro atoms. The summed E-state index contributed by atoms with van der Waals surface area (Å²) in [6.45, 7) is 0. The number of carbonyl (C=O) groups excluding carboxylic acids is 1. The number of hydrogen-bond acceptors (Lipinski definition) is 4. The Labute approximate surface area is 169 Å². The second-order valence-corrected chi connectivity index (χ2v) is 6.72. The molecule has 2 aromatic carbocycles. The van der Waals surface area contributed by atoms with Crippen LogP contribution in [0.3, 0.4) is 0 Å². The number of halogens is 2. The van der Waals surface area contributed by atoms with E-state index in [9.17, 15) is 9.59 Å². The zero-order chi connectivity index (χ0) is 19.7. The van der Waals surface area contributed by atoms with Crippen LogP contribution in [0.25, 0.3) is 17.1 Å². The molecule has 0 fully saturated rings. The predicted molar refractivity (Wildman–Crippen MR) is 107 cm³/mol. The van der Waals surface area contributed by atoms with E-state index in [0.29, 0.717) is 15.6 Å².